The van der Waals surface area contributed by atoms with Crippen molar-refractivity contribution < 1.29 is 13.9 Å². The van der Waals surface area contributed by atoms with E-state index in [0.717, 1.165) is 6.08 Å². The molecule has 0 aromatic carbocycles. The van der Waals surface area contributed by atoms with Crippen LogP contribution in [0, 0.1) is 5.92 Å². The Bertz CT molecular complexity index is 139. The molecule has 0 aliphatic carbocycles. The second-order valence-electron chi connectivity index (χ2n) is 2.62. The molecular formula is C8H15ClF2O. The number of allylic oxidation sites excluding steroid dienone is 1. The van der Waals surface area contributed by atoms with E-state index in [1.165, 1.54) is 13.8 Å². The lowest BCUT2D eigenvalue weighted by atomic mass is 9.97. The molecule has 0 aromatic heterocycles. The van der Waals surface area contributed by atoms with Gasteiger partial charge < -0.3 is 5.11 Å². The lowest BCUT2D eigenvalue weighted by molar-refractivity contribution is -0.132. The minimum atomic E-state index is -3.05. The first-order chi connectivity index (χ1) is 4.96. The van der Waals surface area contributed by atoms with E-state index in [4.69, 9.17) is 5.11 Å². The fourth-order valence-electron chi connectivity index (χ4n) is 0.733. The number of aliphatic hydroxyl groups excluding tert-OH is 1. The molecule has 0 spiro atoms. The van der Waals surface area contributed by atoms with Crippen molar-refractivity contribution in [2.75, 3.05) is 0 Å². The van der Waals surface area contributed by atoms with Crippen LogP contribution in [0.2, 0.25) is 0 Å². The average Bonchev–Trinajstić information content (AvgIpc) is 2.01. The van der Waals surface area contributed by atoms with Crippen molar-refractivity contribution in [3.8, 4) is 0 Å². The largest absolute Gasteiger partial charge is 0.387 e. The molecule has 1 nitrogen and oxygen atoms in total. The molecule has 0 saturated carbocycles. The molecule has 0 heterocycles. The number of aliphatic hydroxyl groups is 1. The van der Waals surface area contributed by atoms with Crippen molar-refractivity contribution >= 4 is 12.4 Å². The molecule has 0 amide bonds. The van der Waals surface area contributed by atoms with E-state index >= 15 is 0 Å². The van der Waals surface area contributed by atoms with E-state index in [9.17, 15) is 8.78 Å². The minimum absolute atomic E-state index is 0. The molecular weight excluding hydrogens is 186 g/mol. The third-order valence-electron chi connectivity index (χ3n) is 1.79. The van der Waals surface area contributed by atoms with Crippen molar-refractivity contribution in [2.24, 2.45) is 5.92 Å². The predicted octanol–water partition coefficient (Wildman–Crippen LogP) is 2.64. The van der Waals surface area contributed by atoms with E-state index < -0.39 is 17.9 Å². The molecule has 2 atom stereocenters. The van der Waals surface area contributed by atoms with E-state index in [2.05, 4.69) is 6.58 Å². The predicted molar refractivity (Wildman–Crippen MR) is 47.9 cm³/mol. The van der Waals surface area contributed by atoms with Gasteiger partial charge >= 0.3 is 0 Å². The fraction of sp³-hybridized carbons (Fsp3) is 0.750. The van der Waals surface area contributed by atoms with Crippen LogP contribution in [0.25, 0.3) is 0 Å². The van der Waals surface area contributed by atoms with Gasteiger partial charge in [0, 0.05) is 5.92 Å². The van der Waals surface area contributed by atoms with Crippen LogP contribution in [-0.2, 0) is 0 Å². The van der Waals surface area contributed by atoms with E-state index in [0.29, 0.717) is 0 Å². The van der Waals surface area contributed by atoms with Gasteiger partial charge in [0.05, 0.1) is 0 Å². The summed E-state index contributed by atoms with van der Waals surface area (Å²) in [5.41, 5.74) is 0. The molecule has 0 aliphatic heterocycles. The molecule has 1 N–H and O–H groups in total. The Hall–Kier alpha value is -0.150. The average molecular weight is 201 g/mol. The summed E-state index contributed by atoms with van der Waals surface area (Å²) < 4.78 is 25.8. The Morgan fingerprint density at radius 1 is 1.58 bits per heavy atom. The lowest BCUT2D eigenvalue weighted by Crippen LogP contribution is -2.38. The van der Waals surface area contributed by atoms with Crippen LogP contribution >= 0.6 is 12.4 Å². The highest BCUT2D eigenvalue weighted by atomic mass is 35.5. The highest BCUT2D eigenvalue weighted by Gasteiger charge is 2.41. The van der Waals surface area contributed by atoms with Crippen LogP contribution in [0.4, 0.5) is 8.78 Å². The van der Waals surface area contributed by atoms with Gasteiger partial charge in [0.25, 0.3) is 5.92 Å². The molecule has 2 unspecified atom stereocenters. The molecule has 12 heavy (non-hydrogen) atoms. The second-order valence-corrected chi connectivity index (χ2v) is 2.62. The summed E-state index contributed by atoms with van der Waals surface area (Å²) in [6.07, 6.45) is -0.347. The first-order valence-electron chi connectivity index (χ1n) is 3.65. The third-order valence-corrected chi connectivity index (χ3v) is 1.79. The van der Waals surface area contributed by atoms with Gasteiger partial charge in [0.2, 0.25) is 0 Å². The van der Waals surface area contributed by atoms with Crippen LogP contribution in [0.3, 0.4) is 0 Å². The van der Waals surface area contributed by atoms with Crippen molar-refractivity contribution in [3.63, 3.8) is 0 Å². The van der Waals surface area contributed by atoms with Crippen LogP contribution in [-0.4, -0.2) is 17.1 Å². The first kappa shape index (κ1) is 14.4. The number of hydrogen-bond donors (Lipinski definition) is 1. The quantitative estimate of drug-likeness (QED) is 0.692. The molecule has 4 heteroatoms. The topological polar surface area (TPSA) is 20.2 Å². The van der Waals surface area contributed by atoms with Crippen molar-refractivity contribution in [1.29, 1.82) is 0 Å². The molecule has 0 bridgehead atoms. The van der Waals surface area contributed by atoms with Gasteiger partial charge in [-0.05, 0) is 6.42 Å². The summed E-state index contributed by atoms with van der Waals surface area (Å²) in [5, 5.41) is 8.89. The normalized spacial score (nSPS) is 16.1. The third kappa shape index (κ3) is 3.07. The highest BCUT2D eigenvalue weighted by molar-refractivity contribution is 5.85. The van der Waals surface area contributed by atoms with Crippen LogP contribution in [0.5, 0.6) is 0 Å². The molecule has 0 saturated heterocycles. The maximum atomic E-state index is 12.9. The van der Waals surface area contributed by atoms with Crippen molar-refractivity contribution in [3.05, 3.63) is 12.7 Å². The van der Waals surface area contributed by atoms with Gasteiger partial charge in [-0.25, -0.2) is 8.78 Å². The number of alkyl halides is 2. The van der Waals surface area contributed by atoms with E-state index in [1.54, 1.807) is 0 Å². The first-order valence-corrected chi connectivity index (χ1v) is 3.65. The number of rotatable bonds is 4. The molecule has 0 fully saturated rings. The number of hydrogen-bond acceptors (Lipinski definition) is 1. The minimum Gasteiger partial charge on any atom is -0.387 e. The van der Waals surface area contributed by atoms with Gasteiger partial charge in [-0.2, -0.15) is 0 Å². The SMILES string of the molecule is C=CC(C)C(F)(F)C(O)CC.Cl. The summed E-state index contributed by atoms with van der Waals surface area (Å²) in [7, 11) is 0. The summed E-state index contributed by atoms with van der Waals surface area (Å²) in [6, 6.07) is 0. The Morgan fingerprint density at radius 3 is 2.25 bits per heavy atom. The van der Waals surface area contributed by atoms with Crippen LogP contribution in [0.1, 0.15) is 20.3 Å². The van der Waals surface area contributed by atoms with E-state index in [1.807, 2.05) is 0 Å². The van der Waals surface area contributed by atoms with Gasteiger partial charge in [-0.15, -0.1) is 19.0 Å². The van der Waals surface area contributed by atoms with Crippen molar-refractivity contribution in [2.45, 2.75) is 32.3 Å². The summed E-state index contributed by atoms with van der Waals surface area (Å²) in [5.74, 6) is -4.02. The molecule has 74 valence electrons. The van der Waals surface area contributed by atoms with Gasteiger partial charge in [-0.1, -0.05) is 19.9 Å². The number of halogens is 3. The van der Waals surface area contributed by atoms with Crippen LogP contribution in [0.15, 0.2) is 12.7 Å². The Balaban J connectivity index is 0. The maximum absolute atomic E-state index is 12.9. The van der Waals surface area contributed by atoms with Crippen molar-refractivity contribution in [1.82, 2.24) is 0 Å². The zero-order valence-electron chi connectivity index (χ0n) is 7.26. The lowest BCUT2D eigenvalue weighted by Gasteiger charge is -2.25. The maximum Gasteiger partial charge on any atom is 0.279 e. The molecule has 0 radical (unpaired) electrons. The fourth-order valence-corrected chi connectivity index (χ4v) is 0.733. The smallest absolute Gasteiger partial charge is 0.279 e. The zero-order chi connectivity index (χ0) is 9.07. The van der Waals surface area contributed by atoms with Gasteiger partial charge in [0.1, 0.15) is 6.10 Å². The standard InChI is InChI=1S/C8H14F2O.ClH/c1-4-6(3)8(9,10)7(11)5-2;/h4,6-7,11H,1,5H2,2-3H3;1H. The molecule has 0 rings (SSSR count). The Kier molecular flexibility index (Phi) is 6.58. The Morgan fingerprint density at radius 2 is 2.00 bits per heavy atom. The van der Waals surface area contributed by atoms with E-state index in [-0.39, 0.29) is 18.8 Å². The molecule has 0 aromatic rings. The highest BCUT2D eigenvalue weighted by Crippen LogP contribution is 2.30. The summed E-state index contributed by atoms with van der Waals surface area (Å²) in [4.78, 5) is 0. The molecule has 0 aliphatic rings. The zero-order valence-corrected chi connectivity index (χ0v) is 8.07. The summed E-state index contributed by atoms with van der Waals surface area (Å²) >= 11 is 0. The van der Waals surface area contributed by atoms with Crippen LogP contribution < -0.4 is 0 Å². The second kappa shape index (κ2) is 5.49. The summed E-state index contributed by atoms with van der Waals surface area (Å²) in [6.45, 7) is 6.11. The van der Waals surface area contributed by atoms with Gasteiger partial charge in [-0.3, -0.25) is 0 Å². The monoisotopic (exact) mass is 200 g/mol. The van der Waals surface area contributed by atoms with Gasteiger partial charge in [0.15, 0.2) is 0 Å². The Labute approximate surface area is 77.9 Å².